The summed E-state index contributed by atoms with van der Waals surface area (Å²) in [7, 11) is -3.39. The lowest BCUT2D eigenvalue weighted by atomic mass is 9.90. The van der Waals surface area contributed by atoms with Crippen molar-refractivity contribution < 1.29 is 17.9 Å². The van der Waals surface area contributed by atoms with Crippen LogP contribution in [0.1, 0.15) is 63.8 Å². The fourth-order valence-electron chi connectivity index (χ4n) is 4.18. The lowest BCUT2D eigenvalue weighted by Gasteiger charge is -2.47. The Hall–Kier alpha value is -2.11. The third kappa shape index (κ3) is 6.18. The predicted molar refractivity (Wildman–Crippen MR) is 138 cm³/mol. The fourth-order valence-corrected chi connectivity index (χ4v) is 5.77. The summed E-state index contributed by atoms with van der Waals surface area (Å²) in [5, 5.41) is 10.4. The molecule has 9 heteroatoms. The molecule has 2 aromatic carbocycles. The smallest absolute Gasteiger partial charge is 0.253 e. The summed E-state index contributed by atoms with van der Waals surface area (Å²) < 4.78 is 30.9. The molecule has 1 fully saturated rings. The van der Waals surface area contributed by atoms with Gasteiger partial charge in [-0.15, -0.1) is 0 Å². The molecular formula is C26H30Cl2N2O4S. The number of ether oxygens (including phenoxy) is 1. The van der Waals surface area contributed by atoms with Gasteiger partial charge in [0.2, 0.25) is 0 Å². The van der Waals surface area contributed by atoms with Gasteiger partial charge in [0.1, 0.15) is 12.2 Å². The van der Waals surface area contributed by atoms with Crippen molar-refractivity contribution in [2.75, 3.05) is 5.75 Å². The van der Waals surface area contributed by atoms with Crippen molar-refractivity contribution in [1.29, 1.82) is 5.26 Å². The molecule has 1 amide bonds. The lowest BCUT2D eigenvalue weighted by Crippen LogP contribution is -2.54. The van der Waals surface area contributed by atoms with Gasteiger partial charge in [0.05, 0.1) is 29.0 Å². The molecule has 1 saturated heterocycles. The van der Waals surface area contributed by atoms with Crippen LogP contribution in [0.3, 0.4) is 0 Å². The Kier molecular flexibility index (Phi) is 8.54. The van der Waals surface area contributed by atoms with E-state index in [4.69, 9.17) is 27.9 Å². The summed E-state index contributed by atoms with van der Waals surface area (Å²) in [4.78, 5) is 15.3. The normalized spacial score (nSPS) is 22.0. The number of sulfone groups is 1. The number of halogens is 2. The van der Waals surface area contributed by atoms with E-state index in [2.05, 4.69) is 0 Å². The van der Waals surface area contributed by atoms with Gasteiger partial charge >= 0.3 is 0 Å². The Morgan fingerprint density at radius 3 is 2.31 bits per heavy atom. The van der Waals surface area contributed by atoms with Crippen LogP contribution in [-0.4, -0.2) is 41.9 Å². The lowest BCUT2D eigenvalue weighted by molar-refractivity contribution is -0.178. The molecule has 1 aliphatic rings. The zero-order valence-electron chi connectivity index (χ0n) is 20.2. The minimum absolute atomic E-state index is 0.0691. The van der Waals surface area contributed by atoms with Crippen LogP contribution in [0.25, 0.3) is 0 Å². The Morgan fingerprint density at radius 1 is 1.09 bits per heavy atom. The van der Waals surface area contributed by atoms with Crippen molar-refractivity contribution in [3.63, 3.8) is 0 Å². The predicted octanol–water partition coefficient (Wildman–Crippen LogP) is 5.91. The number of morpholine rings is 1. The quantitative estimate of drug-likeness (QED) is 0.438. The first kappa shape index (κ1) is 27.5. The van der Waals surface area contributed by atoms with E-state index in [0.717, 1.165) is 11.1 Å². The van der Waals surface area contributed by atoms with Crippen LogP contribution in [0.5, 0.6) is 0 Å². The van der Waals surface area contributed by atoms with Crippen molar-refractivity contribution >= 4 is 38.9 Å². The van der Waals surface area contributed by atoms with Gasteiger partial charge in [-0.3, -0.25) is 4.79 Å². The van der Waals surface area contributed by atoms with Crippen LogP contribution < -0.4 is 0 Å². The number of hydrogen-bond acceptors (Lipinski definition) is 5. The van der Waals surface area contributed by atoms with E-state index in [-0.39, 0.29) is 24.5 Å². The number of hydrogen-bond donors (Lipinski definition) is 0. The third-order valence-electron chi connectivity index (χ3n) is 6.30. The van der Waals surface area contributed by atoms with E-state index in [0.29, 0.717) is 10.0 Å². The summed E-state index contributed by atoms with van der Waals surface area (Å²) in [6.45, 7) is 6.84. The van der Waals surface area contributed by atoms with Crippen molar-refractivity contribution in [3.8, 4) is 6.07 Å². The molecule has 2 aromatic rings. The number of carbonyl (C=O) groups excluding carboxylic acids is 1. The number of nitrogens with zero attached hydrogens (tertiary/aromatic N) is 2. The molecule has 1 heterocycles. The Balaban J connectivity index is 2.09. The first-order valence-corrected chi connectivity index (χ1v) is 13.8. The topological polar surface area (TPSA) is 87.5 Å². The van der Waals surface area contributed by atoms with Crippen LogP contribution >= 0.6 is 23.2 Å². The standard InChI is InChI=1S/C26H30Cl2N2O4S/c1-17(13-15-35(32,33)26(2,3)4)30-23(18-8-10-20(27)11-9-18)24(19-6-5-7-21(28)16-19)34-22(12-14-29)25(30)31/h5-11,16-17,22-24H,12-13,15H2,1-4H3/t17?,22-,23-,24-/m1/s1. The van der Waals surface area contributed by atoms with Gasteiger partial charge in [-0.25, -0.2) is 8.42 Å². The molecule has 0 spiro atoms. The molecule has 0 bridgehead atoms. The van der Waals surface area contributed by atoms with E-state index in [1.54, 1.807) is 56.0 Å². The molecular weight excluding hydrogens is 507 g/mol. The van der Waals surface area contributed by atoms with Gasteiger partial charge in [-0.05, 0) is 69.5 Å². The highest BCUT2D eigenvalue weighted by Gasteiger charge is 2.46. The largest absolute Gasteiger partial charge is 0.357 e. The van der Waals surface area contributed by atoms with E-state index in [1.165, 1.54) is 0 Å². The van der Waals surface area contributed by atoms with Crippen LogP contribution in [-0.2, 0) is 19.4 Å². The van der Waals surface area contributed by atoms with Crippen molar-refractivity contribution in [1.82, 2.24) is 4.90 Å². The Bertz CT molecular complexity index is 1200. The van der Waals surface area contributed by atoms with Gasteiger partial charge in [0.25, 0.3) is 5.91 Å². The molecule has 0 aliphatic carbocycles. The molecule has 6 nitrogen and oxygen atoms in total. The summed E-state index contributed by atoms with van der Waals surface area (Å²) in [6, 6.07) is 15.4. The van der Waals surface area contributed by atoms with Gasteiger partial charge < -0.3 is 9.64 Å². The minimum Gasteiger partial charge on any atom is -0.357 e. The number of carbonyl (C=O) groups is 1. The van der Waals surface area contributed by atoms with E-state index in [9.17, 15) is 18.5 Å². The molecule has 3 rings (SSSR count). The van der Waals surface area contributed by atoms with Crippen molar-refractivity contribution in [2.24, 2.45) is 0 Å². The highest BCUT2D eigenvalue weighted by atomic mass is 35.5. The second-order valence-corrected chi connectivity index (χ2v) is 13.5. The van der Waals surface area contributed by atoms with E-state index < -0.39 is 38.9 Å². The maximum atomic E-state index is 13.6. The summed E-state index contributed by atoms with van der Waals surface area (Å²) in [6.07, 6.45) is -1.47. The Labute approximate surface area is 217 Å². The van der Waals surface area contributed by atoms with Gasteiger partial charge in [-0.1, -0.05) is 47.5 Å². The van der Waals surface area contributed by atoms with Gasteiger partial charge in [-0.2, -0.15) is 5.26 Å². The second-order valence-electron chi connectivity index (χ2n) is 9.77. The zero-order chi connectivity index (χ0) is 26.0. The summed E-state index contributed by atoms with van der Waals surface area (Å²) >= 11 is 12.4. The molecule has 4 atom stereocenters. The van der Waals surface area contributed by atoms with Gasteiger partial charge in [0, 0.05) is 16.1 Å². The monoisotopic (exact) mass is 536 g/mol. The van der Waals surface area contributed by atoms with Crippen molar-refractivity contribution in [2.45, 2.75) is 69.6 Å². The molecule has 0 N–H and O–H groups in total. The van der Waals surface area contributed by atoms with Crippen molar-refractivity contribution in [3.05, 3.63) is 69.7 Å². The molecule has 35 heavy (non-hydrogen) atoms. The second kappa shape index (κ2) is 10.9. The third-order valence-corrected chi connectivity index (χ3v) is 9.43. The highest BCUT2D eigenvalue weighted by molar-refractivity contribution is 7.92. The maximum Gasteiger partial charge on any atom is 0.253 e. The molecule has 188 valence electrons. The number of nitriles is 1. The van der Waals surface area contributed by atoms with E-state index >= 15 is 0 Å². The van der Waals surface area contributed by atoms with Crippen LogP contribution in [0.15, 0.2) is 48.5 Å². The molecule has 1 unspecified atom stereocenters. The molecule has 0 saturated carbocycles. The molecule has 0 radical (unpaired) electrons. The summed E-state index contributed by atoms with van der Waals surface area (Å²) in [5.41, 5.74) is 1.54. The van der Waals surface area contributed by atoms with E-state index in [1.807, 2.05) is 31.2 Å². The fraction of sp³-hybridized carbons (Fsp3) is 0.462. The molecule has 0 aromatic heterocycles. The Morgan fingerprint density at radius 2 is 1.74 bits per heavy atom. The summed E-state index contributed by atoms with van der Waals surface area (Å²) in [5.74, 6) is -0.411. The molecule has 1 aliphatic heterocycles. The van der Waals surface area contributed by atoms with Crippen LogP contribution in [0.4, 0.5) is 0 Å². The average molecular weight is 538 g/mol. The van der Waals surface area contributed by atoms with Crippen LogP contribution in [0, 0.1) is 11.3 Å². The number of amides is 1. The first-order valence-electron chi connectivity index (χ1n) is 11.4. The number of benzene rings is 2. The van der Waals surface area contributed by atoms with Crippen LogP contribution in [0.2, 0.25) is 10.0 Å². The zero-order valence-corrected chi connectivity index (χ0v) is 22.6. The van der Waals surface area contributed by atoms with Gasteiger partial charge in [0.15, 0.2) is 9.84 Å². The number of rotatable bonds is 7. The average Bonchev–Trinajstić information content (AvgIpc) is 2.78. The highest BCUT2D eigenvalue weighted by Crippen LogP contribution is 2.44. The minimum atomic E-state index is -3.39. The first-order chi connectivity index (χ1) is 16.4. The maximum absolute atomic E-state index is 13.6. The SMILES string of the molecule is CC(CCS(=O)(=O)C(C)(C)C)N1C(=O)[C@@H](CC#N)O[C@H](c2cccc(Cl)c2)[C@H]1c1ccc(Cl)cc1.